The molecule has 0 spiro atoms. The molecule has 2 unspecified atom stereocenters. The summed E-state index contributed by atoms with van der Waals surface area (Å²) in [5.41, 5.74) is 0. The van der Waals surface area contributed by atoms with Crippen LogP contribution in [0.25, 0.3) is 0 Å². The summed E-state index contributed by atoms with van der Waals surface area (Å²) in [5.74, 6) is 0.663. The molecule has 0 aromatic heterocycles. The van der Waals surface area contributed by atoms with Crippen molar-refractivity contribution >= 4 is 25.3 Å². The van der Waals surface area contributed by atoms with Gasteiger partial charge in [0.05, 0.1) is 6.61 Å². The lowest BCUT2D eigenvalue weighted by atomic mass is 10.5. The van der Waals surface area contributed by atoms with Crippen LogP contribution in [0.2, 0.25) is 0 Å². The number of thiol groups is 2. The van der Waals surface area contributed by atoms with E-state index in [4.69, 9.17) is 9.84 Å². The molecule has 9 heavy (non-hydrogen) atoms. The number of aliphatic hydroxyl groups excluding tert-OH is 1. The summed E-state index contributed by atoms with van der Waals surface area (Å²) >= 11 is 8.07. The van der Waals surface area contributed by atoms with Gasteiger partial charge in [-0.2, -0.15) is 25.3 Å². The quantitative estimate of drug-likeness (QED) is 0.423. The van der Waals surface area contributed by atoms with Gasteiger partial charge in [0.1, 0.15) is 0 Å². The van der Waals surface area contributed by atoms with Crippen molar-refractivity contribution in [2.75, 3.05) is 12.4 Å². The van der Waals surface area contributed by atoms with Gasteiger partial charge >= 0.3 is 0 Å². The molecule has 0 fully saturated rings. The van der Waals surface area contributed by atoms with Crippen LogP contribution in [0.15, 0.2) is 0 Å². The minimum absolute atomic E-state index is 0.114. The zero-order valence-electron chi connectivity index (χ0n) is 5.32. The molecule has 0 aliphatic rings. The Kier molecular flexibility index (Phi) is 5.78. The number of rotatable bonds is 4. The predicted molar refractivity (Wildman–Crippen MR) is 44.3 cm³/mol. The maximum Gasteiger partial charge on any atom is 0.151 e. The largest absolute Gasteiger partial charge is 0.368 e. The number of hydrogen-bond donors (Lipinski definition) is 3. The Bertz CT molecular complexity index is 68.0. The Morgan fingerprint density at radius 1 is 1.67 bits per heavy atom. The van der Waals surface area contributed by atoms with Gasteiger partial charge in [-0.05, 0) is 6.92 Å². The normalized spacial score (nSPS) is 17.3. The second kappa shape index (κ2) is 5.41. The van der Waals surface area contributed by atoms with Crippen LogP contribution in [0.3, 0.4) is 0 Å². The number of aliphatic hydroxyl groups is 1. The van der Waals surface area contributed by atoms with Crippen LogP contribution in [0.1, 0.15) is 6.92 Å². The van der Waals surface area contributed by atoms with E-state index in [-0.39, 0.29) is 5.25 Å². The third-order valence-electron chi connectivity index (χ3n) is 0.741. The van der Waals surface area contributed by atoms with E-state index in [1.165, 1.54) is 0 Å². The number of ether oxygens (including phenoxy) is 1. The van der Waals surface area contributed by atoms with Crippen molar-refractivity contribution < 1.29 is 9.84 Å². The zero-order chi connectivity index (χ0) is 7.28. The molecule has 0 aromatic rings. The molecule has 1 N–H and O–H groups in total. The molecule has 4 heteroatoms. The van der Waals surface area contributed by atoms with Crippen molar-refractivity contribution in [2.45, 2.75) is 18.5 Å². The first-order valence-corrected chi connectivity index (χ1v) is 3.90. The summed E-state index contributed by atoms with van der Waals surface area (Å²) in [6.45, 7) is 2.02. The van der Waals surface area contributed by atoms with Crippen molar-refractivity contribution in [1.29, 1.82) is 0 Å². The second-order valence-corrected chi connectivity index (χ2v) is 2.86. The van der Waals surface area contributed by atoms with Crippen LogP contribution in [0.4, 0.5) is 0 Å². The lowest BCUT2D eigenvalue weighted by molar-refractivity contribution is -0.0831. The summed E-state index contributed by atoms with van der Waals surface area (Å²) < 4.78 is 4.82. The van der Waals surface area contributed by atoms with Gasteiger partial charge in [0.15, 0.2) is 6.29 Å². The monoisotopic (exact) mass is 168 g/mol. The Hall–Kier alpha value is 0.620. The molecule has 0 aromatic carbocycles. The third kappa shape index (κ3) is 6.51. The molecule has 2 nitrogen and oxygen atoms in total. The van der Waals surface area contributed by atoms with E-state index >= 15 is 0 Å². The Morgan fingerprint density at radius 3 is 2.56 bits per heavy atom. The van der Waals surface area contributed by atoms with Crippen molar-refractivity contribution in [3.63, 3.8) is 0 Å². The summed E-state index contributed by atoms with van der Waals surface area (Å²) in [7, 11) is 0. The van der Waals surface area contributed by atoms with Crippen molar-refractivity contribution in [3.8, 4) is 0 Å². The van der Waals surface area contributed by atoms with Gasteiger partial charge in [0.25, 0.3) is 0 Å². The van der Waals surface area contributed by atoms with Crippen molar-refractivity contribution in [2.24, 2.45) is 0 Å². The molecule has 0 saturated heterocycles. The molecule has 0 amide bonds. The Labute approximate surface area is 66.4 Å². The molecular formula is C5H12O2S2. The molecule has 0 heterocycles. The van der Waals surface area contributed by atoms with Crippen LogP contribution in [0.5, 0.6) is 0 Å². The summed E-state index contributed by atoms with van der Waals surface area (Å²) in [6, 6.07) is 0. The fourth-order valence-electron chi connectivity index (χ4n) is 0.303. The van der Waals surface area contributed by atoms with Crippen LogP contribution in [0, 0.1) is 0 Å². The standard InChI is InChI=1S/C5H12O2S2/c1-4(6)7-2-5(9)3-8/h4-6,8-9H,2-3H2,1H3. The van der Waals surface area contributed by atoms with E-state index in [1.54, 1.807) is 6.92 Å². The molecule has 56 valence electrons. The van der Waals surface area contributed by atoms with Gasteiger partial charge in [0, 0.05) is 11.0 Å². The molecule has 0 radical (unpaired) electrons. The molecule has 0 aliphatic carbocycles. The minimum atomic E-state index is -0.695. The van der Waals surface area contributed by atoms with Gasteiger partial charge in [-0.3, -0.25) is 0 Å². The van der Waals surface area contributed by atoms with Crippen LogP contribution in [-0.2, 0) is 4.74 Å². The smallest absolute Gasteiger partial charge is 0.151 e. The molecule has 2 atom stereocenters. The highest BCUT2D eigenvalue weighted by atomic mass is 32.1. The first kappa shape index (κ1) is 9.62. The first-order valence-electron chi connectivity index (χ1n) is 2.75. The van der Waals surface area contributed by atoms with E-state index in [0.29, 0.717) is 12.4 Å². The average Bonchev–Trinajstić information content (AvgIpc) is 1.83. The Balaban J connectivity index is 3.06. The fourth-order valence-corrected chi connectivity index (χ4v) is 0.495. The van der Waals surface area contributed by atoms with E-state index in [1.807, 2.05) is 0 Å². The average molecular weight is 168 g/mol. The van der Waals surface area contributed by atoms with Gasteiger partial charge < -0.3 is 9.84 Å². The highest BCUT2D eigenvalue weighted by molar-refractivity contribution is 7.84. The molecule has 0 aliphatic heterocycles. The fraction of sp³-hybridized carbons (Fsp3) is 1.00. The van der Waals surface area contributed by atoms with E-state index in [2.05, 4.69) is 25.3 Å². The zero-order valence-corrected chi connectivity index (χ0v) is 7.11. The molecule has 0 saturated carbocycles. The van der Waals surface area contributed by atoms with Gasteiger partial charge in [0.2, 0.25) is 0 Å². The SMILES string of the molecule is CC(O)OCC(S)CS. The highest BCUT2D eigenvalue weighted by Crippen LogP contribution is 1.98. The maximum absolute atomic E-state index is 8.62. The lowest BCUT2D eigenvalue weighted by Crippen LogP contribution is -2.16. The number of hydrogen-bond acceptors (Lipinski definition) is 4. The third-order valence-corrected chi connectivity index (χ3v) is 1.80. The molecule has 0 rings (SSSR count). The maximum atomic E-state index is 8.62. The topological polar surface area (TPSA) is 29.5 Å². The predicted octanol–water partition coefficient (Wildman–Crippen LogP) is 0.569. The second-order valence-electron chi connectivity index (χ2n) is 1.77. The first-order chi connectivity index (χ1) is 4.16. The van der Waals surface area contributed by atoms with E-state index in [9.17, 15) is 0 Å². The van der Waals surface area contributed by atoms with Gasteiger partial charge in [-0.1, -0.05) is 0 Å². The molecular weight excluding hydrogens is 156 g/mol. The van der Waals surface area contributed by atoms with E-state index in [0.717, 1.165) is 0 Å². The minimum Gasteiger partial charge on any atom is -0.368 e. The highest BCUT2D eigenvalue weighted by Gasteiger charge is 2.01. The van der Waals surface area contributed by atoms with Crippen LogP contribution >= 0.6 is 25.3 Å². The van der Waals surface area contributed by atoms with Crippen molar-refractivity contribution in [1.82, 2.24) is 0 Å². The van der Waals surface area contributed by atoms with Crippen molar-refractivity contribution in [3.05, 3.63) is 0 Å². The van der Waals surface area contributed by atoms with E-state index < -0.39 is 6.29 Å². The molecule has 0 bridgehead atoms. The summed E-state index contributed by atoms with van der Waals surface area (Å²) in [6.07, 6.45) is -0.695. The van der Waals surface area contributed by atoms with Crippen LogP contribution in [-0.4, -0.2) is 29.0 Å². The summed E-state index contributed by atoms with van der Waals surface area (Å²) in [5, 5.41) is 8.73. The summed E-state index contributed by atoms with van der Waals surface area (Å²) in [4.78, 5) is 0. The lowest BCUT2D eigenvalue weighted by Gasteiger charge is -2.09. The van der Waals surface area contributed by atoms with Crippen LogP contribution < -0.4 is 0 Å². The van der Waals surface area contributed by atoms with Gasteiger partial charge in [-0.25, -0.2) is 0 Å². The Morgan fingerprint density at radius 2 is 2.22 bits per heavy atom. The van der Waals surface area contributed by atoms with Gasteiger partial charge in [-0.15, -0.1) is 0 Å².